The number of Topliss-reactive ketones (excluding diaryl/α,β-unsaturated/α-hetero) is 1. The number of aliphatic hydroxyl groups excluding tert-OH is 2. The van der Waals surface area contributed by atoms with Gasteiger partial charge in [-0.15, -0.1) is 0 Å². The van der Waals surface area contributed by atoms with Gasteiger partial charge in [-0.3, -0.25) is 9.59 Å². The largest absolute Gasteiger partial charge is 0.492 e. The summed E-state index contributed by atoms with van der Waals surface area (Å²) in [5.41, 5.74) is 0.267. The van der Waals surface area contributed by atoms with Crippen LogP contribution in [0.3, 0.4) is 0 Å². The van der Waals surface area contributed by atoms with Crippen LogP contribution in [0.15, 0.2) is 54.1 Å². The van der Waals surface area contributed by atoms with E-state index in [1.165, 1.54) is 5.06 Å². The Morgan fingerprint density at radius 3 is 2.70 bits per heavy atom. The number of ether oxygens (including phenoxy) is 1. The first kappa shape index (κ1) is 26.3. The Labute approximate surface area is 218 Å². The summed E-state index contributed by atoms with van der Waals surface area (Å²) in [6.45, 7) is 4.62. The molecule has 5 rings (SSSR count). The number of aliphatic hydroxyl groups is 2. The SMILES string of the molecule is C[C@]12C=CC(=O)C=C1CC[C@@H]1C2[C@@H](O)C[C@@]2(C)C1C[C@@H](CN(O)CCOc1ccccc1)[C@@H]2C(=O)CO. The van der Waals surface area contributed by atoms with Crippen LogP contribution < -0.4 is 4.74 Å². The maximum atomic E-state index is 13.1. The fraction of sp³-hybridized carbons (Fsp3) is 0.600. The second-order valence-corrected chi connectivity index (χ2v) is 12.0. The highest BCUT2D eigenvalue weighted by atomic mass is 16.5. The van der Waals surface area contributed by atoms with Crippen LogP contribution in [0.2, 0.25) is 0 Å². The summed E-state index contributed by atoms with van der Waals surface area (Å²) >= 11 is 0. The second kappa shape index (κ2) is 10.1. The van der Waals surface area contributed by atoms with Crippen LogP contribution in [0.5, 0.6) is 5.75 Å². The summed E-state index contributed by atoms with van der Waals surface area (Å²) < 4.78 is 5.73. The average molecular weight is 510 g/mol. The molecular formula is C30H39NO6. The molecule has 0 amide bonds. The van der Waals surface area contributed by atoms with E-state index in [0.29, 0.717) is 26.1 Å². The summed E-state index contributed by atoms with van der Waals surface area (Å²) in [7, 11) is 0. The van der Waals surface area contributed by atoms with Crippen LogP contribution in [0, 0.1) is 40.4 Å². The van der Waals surface area contributed by atoms with Gasteiger partial charge in [-0.1, -0.05) is 43.7 Å². The van der Waals surface area contributed by atoms with Gasteiger partial charge in [-0.05, 0) is 73.1 Å². The molecule has 1 aromatic carbocycles. The Kier molecular flexibility index (Phi) is 7.18. The highest BCUT2D eigenvalue weighted by molar-refractivity contribution is 6.01. The molecule has 200 valence electrons. The molecule has 8 atom stereocenters. The summed E-state index contributed by atoms with van der Waals surface area (Å²) in [6.07, 6.45) is 7.64. The second-order valence-electron chi connectivity index (χ2n) is 12.0. The average Bonchev–Trinajstić information content (AvgIpc) is 3.15. The van der Waals surface area contributed by atoms with Gasteiger partial charge < -0.3 is 20.2 Å². The van der Waals surface area contributed by atoms with E-state index in [2.05, 4.69) is 13.8 Å². The van der Waals surface area contributed by atoms with E-state index in [0.717, 1.165) is 30.6 Å². The quantitative estimate of drug-likeness (QED) is 0.461. The number of fused-ring (bicyclic) bond motifs is 5. The molecule has 7 nitrogen and oxygen atoms in total. The molecular weight excluding hydrogens is 470 g/mol. The first-order chi connectivity index (χ1) is 17.7. The number of carbonyl (C=O) groups is 2. The molecule has 0 saturated heterocycles. The van der Waals surface area contributed by atoms with Crippen molar-refractivity contribution in [3.8, 4) is 5.75 Å². The van der Waals surface area contributed by atoms with Crippen LogP contribution in [0.1, 0.15) is 39.5 Å². The number of carbonyl (C=O) groups excluding carboxylic acids is 2. The first-order valence-electron chi connectivity index (χ1n) is 13.5. The van der Waals surface area contributed by atoms with Gasteiger partial charge in [0.05, 0.1) is 12.6 Å². The minimum atomic E-state index is -0.616. The van der Waals surface area contributed by atoms with E-state index in [1.54, 1.807) is 12.2 Å². The van der Waals surface area contributed by atoms with Crippen molar-refractivity contribution >= 4 is 11.6 Å². The standard InChI is InChI=1S/C30H39NO6/c1-29-11-10-21(33)15-20(29)8-9-23-24-14-19(17-31(36)12-13-37-22-6-4-3-5-7-22)27(26(35)18-32)30(24,2)16-25(34)28(23)29/h3-7,10-11,15,19,23-25,27-28,32,34,36H,8-9,12-14,16-18H2,1-2H3/t19-,23-,24?,25-,27+,28?,29-,30-/m0/s1. The predicted molar refractivity (Wildman–Crippen MR) is 138 cm³/mol. The molecule has 2 unspecified atom stereocenters. The number of ketones is 2. The topological polar surface area (TPSA) is 107 Å². The van der Waals surface area contributed by atoms with Crippen LogP contribution in [0.4, 0.5) is 0 Å². The van der Waals surface area contributed by atoms with Crippen LogP contribution >= 0.6 is 0 Å². The Bertz CT molecular complexity index is 1080. The van der Waals surface area contributed by atoms with Crippen LogP contribution in [-0.4, -0.2) is 64.5 Å². The van der Waals surface area contributed by atoms with Crippen molar-refractivity contribution in [2.24, 2.45) is 40.4 Å². The van der Waals surface area contributed by atoms with E-state index in [9.17, 15) is 25.0 Å². The zero-order valence-electron chi connectivity index (χ0n) is 21.8. The van der Waals surface area contributed by atoms with Gasteiger partial charge in [0.2, 0.25) is 0 Å². The lowest BCUT2D eigenvalue weighted by Gasteiger charge is -2.58. The fourth-order valence-electron chi connectivity index (χ4n) is 8.56. The zero-order chi connectivity index (χ0) is 26.4. The van der Waals surface area contributed by atoms with Gasteiger partial charge in [0.25, 0.3) is 0 Å². The van der Waals surface area contributed by atoms with Crippen molar-refractivity contribution in [3.63, 3.8) is 0 Å². The fourth-order valence-corrected chi connectivity index (χ4v) is 8.56. The zero-order valence-corrected chi connectivity index (χ0v) is 21.8. The number of allylic oxidation sites excluding steroid dienone is 4. The third-order valence-electron chi connectivity index (χ3n) is 9.98. The van der Waals surface area contributed by atoms with E-state index in [4.69, 9.17) is 4.74 Å². The van der Waals surface area contributed by atoms with Crippen molar-refractivity contribution < 1.29 is 29.7 Å². The Morgan fingerprint density at radius 1 is 1.22 bits per heavy atom. The molecule has 7 heteroatoms. The summed E-state index contributed by atoms with van der Waals surface area (Å²) in [5, 5.41) is 33.4. The molecule has 0 aliphatic heterocycles. The van der Waals surface area contributed by atoms with Crippen LogP contribution in [0.25, 0.3) is 0 Å². The molecule has 3 fully saturated rings. The summed E-state index contributed by atoms with van der Waals surface area (Å²) in [5.74, 6) is 0.331. The predicted octanol–water partition coefficient (Wildman–Crippen LogP) is 3.44. The van der Waals surface area contributed by atoms with Gasteiger partial charge >= 0.3 is 0 Å². The number of hydrogen-bond donors (Lipinski definition) is 3. The Morgan fingerprint density at radius 2 is 1.97 bits per heavy atom. The molecule has 0 spiro atoms. The van der Waals surface area contributed by atoms with Gasteiger partial charge in [0.15, 0.2) is 11.6 Å². The normalized spacial score (nSPS) is 38.5. The van der Waals surface area contributed by atoms with E-state index in [-0.39, 0.29) is 40.7 Å². The van der Waals surface area contributed by atoms with Crippen molar-refractivity contribution in [2.75, 3.05) is 26.3 Å². The molecule has 0 aromatic heterocycles. The minimum Gasteiger partial charge on any atom is -0.492 e. The molecule has 0 bridgehead atoms. The minimum absolute atomic E-state index is 0.00915. The Hall–Kier alpha value is -2.32. The first-order valence-corrected chi connectivity index (χ1v) is 13.5. The van der Waals surface area contributed by atoms with Crippen molar-refractivity contribution in [2.45, 2.75) is 45.6 Å². The number of hydrogen-bond acceptors (Lipinski definition) is 7. The van der Waals surface area contributed by atoms with Gasteiger partial charge in [-0.2, -0.15) is 5.06 Å². The van der Waals surface area contributed by atoms with E-state index >= 15 is 0 Å². The van der Waals surface area contributed by atoms with Gasteiger partial charge in [-0.25, -0.2) is 0 Å². The number of nitrogens with zero attached hydrogens (tertiary/aromatic N) is 1. The molecule has 37 heavy (non-hydrogen) atoms. The lowest BCUT2D eigenvalue weighted by molar-refractivity contribution is -0.146. The van der Waals surface area contributed by atoms with E-state index in [1.807, 2.05) is 36.4 Å². The smallest absolute Gasteiger partial charge is 0.178 e. The molecule has 3 N–H and O–H groups in total. The number of para-hydroxylation sites is 1. The molecule has 1 aromatic rings. The van der Waals surface area contributed by atoms with Crippen molar-refractivity contribution in [1.29, 1.82) is 0 Å². The molecule has 4 aliphatic carbocycles. The Balaban J connectivity index is 1.35. The van der Waals surface area contributed by atoms with E-state index < -0.39 is 24.0 Å². The van der Waals surface area contributed by atoms with Gasteiger partial charge in [0, 0.05) is 23.8 Å². The summed E-state index contributed by atoms with van der Waals surface area (Å²) in [4.78, 5) is 25.2. The lowest BCUT2D eigenvalue weighted by Crippen LogP contribution is -2.56. The third kappa shape index (κ3) is 4.60. The number of rotatable bonds is 8. The monoisotopic (exact) mass is 509 g/mol. The van der Waals surface area contributed by atoms with Gasteiger partial charge in [0.1, 0.15) is 19.0 Å². The van der Waals surface area contributed by atoms with Crippen molar-refractivity contribution in [3.05, 3.63) is 54.1 Å². The maximum absolute atomic E-state index is 13.1. The van der Waals surface area contributed by atoms with Crippen molar-refractivity contribution in [1.82, 2.24) is 5.06 Å². The summed E-state index contributed by atoms with van der Waals surface area (Å²) in [6, 6.07) is 9.44. The number of hydroxylamine groups is 2. The molecule has 4 aliphatic rings. The highest BCUT2D eigenvalue weighted by Crippen LogP contribution is 2.67. The maximum Gasteiger partial charge on any atom is 0.178 e. The molecule has 0 radical (unpaired) electrons. The third-order valence-corrected chi connectivity index (χ3v) is 9.98. The van der Waals surface area contributed by atoms with Crippen LogP contribution in [-0.2, 0) is 9.59 Å². The molecule has 0 heterocycles. The number of benzene rings is 1. The molecule has 3 saturated carbocycles. The lowest BCUT2D eigenvalue weighted by atomic mass is 9.46. The highest BCUT2D eigenvalue weighted by Gasteiger charge is 2.64.